The van der Waals surface area contributed by atoms with Crippen LogP contribution < -0.4 is 4.74 Å². The number of aromatic nitrogens is 2. The van der Waals surface area contributed by atoms with Crippen molar-refractivity contribution in [2.75, 3.05) is 40.0 Å². The summed E-state index contributed by atoms with van der Waals surface area (Å²) in [4.78, 5) is 14.0. The molecule has 3 rings (SSSR count). The molecule has 0 spiro atoms. The van der Waals surface area contributed by atoms with Crippen molar-refractivity contribution in [2.45, 2.75) is 25.1 Å². The minimum atomic E-state index is -4.41. The smallest absolute Gasteiger partial charge is 0.416 e. The van der Waals surface area contributed by atoms with Crippen LogP contribution in [0.2, 0.25) is 0 Å². The average molecular weight is 441 g/mol. The van der Waals surface area contributed by atoms with Crippen LogP contribution in [0.15, 0.2) is 30.3 Å². The van der Waals surface area contributed by atoms with E-state index in [1.807, 2.05) is 6.07 Å². The summed E-state index contributed by atoms with van der Waals surface area (Å²) in [7, 11) is 3.34. The van der Waals surface area contributed by atoms with E-state index in [0.717, 1.165) is 17.8 Å². The first-order valence-corrected chi connectivity index (χ1v) is 9.99. The van der Waals surface area contributed by atoms with E-state index in [-0.39, 0.29) is 24.4 Å². The number of rotatable bonds is 8. The number of methoxy groups -OCH3 is 1. The van der Waals surface area contributed by atoms with Gasteiger partial charge in [-0.2, -0.15) is 18.3 Å². The first kappa shape index (κ1) is 23.1. The lowest BCUT2D eigenvalue weighted by molar-refractivity contribution is -0.140. The molecule has 1 aromatic heterocycles. The monoisotopic (exact) mass is 441 g/mol. The van der Waals surface area contributed by atoms with Crippen LogP contribution in [0.25, 0.3) is 0 Å². The number of hydrogen-bond donors (Lipinski definition) is 0. The molecule has 1 aliphatic heterocycles. The maximum absolute atomic E-state index is 12.8. The number of nitrogens with zero attached hydrogens (tertiary/aromatic N) is 3. The molecule has 1 atom stereocenters. The van der Waals surface area contributed by atoms with Crippen molar-refractivity contribution in [1.82, 2.24) is 14.7 Å². The number of hydrogen-bond acceptors (Lipinski definition) is 5. The molecule has 1 unspecified atom stereocenters. The van der Waals surface area contributed by atoms with Crippen molar-refractivity contribution >= 4 is 5.91 Å². The van der Waals surface area contributed by atoms with E-state index in [0.29, 0.717) is 44.8 Å². The maximum atomic E-state index is 12.8. The Bertz CT molecular complexity index is 885. The molecule has 0 aliphatic carbocycles. The van der Waals surface area contributed by atoms with E-state index < -0.39 is 11.7 Å². The van der Waals surface area contributed by atoms with Gasteiger partial charge in [0.2, 0.25) is 5.91 Å². The van der Waals surface area contributed by atoms with Gasteiger partial charge in [-0.05, 0) is 24.3 Å². The number of amides is 1. The highest BCUT2D eigenvalue weighted by molar-refractivity contribution is 5.76. The Kier molecular flexibility index (Phi) is 7.55. The van der Waals surface area contributed by atoms with Gasteiger partial charge in [-0.1, -0.05) is 6.07 Å². The highest BCUT2D eigenvalue weighted by Crippen LogP contribution is 2.31. The molecule has 7 nitrogen and oxygen atoms in total. The lowest BCUT2D eigenvalue weighted by Crippen LogP contribution is -2.42. The zero-order valence-corrected chi connectivity index (χ0v) is 17.5. The number of aryl methyl sites for hydroxylation is 1. The quantitative estimate of drug-likeness (QED) is 0.630. The molecule has 0 radical (unpaired) electrons. The molecule has 2 heterocycles. The molecule has 1 aromatic carbocycles. The van der Waals surface area contributed by atoms with Gasteiger partial charge in [-0.3, -0.25) is 9.48 Å². The molecule has 1 fully saturated rings. The number of carbonyl (C=O) groups excluding carboxylic acids is 1. The topological polar surface area (TPSA) is 65.8 Å². The standard InChI is InChI=1S/C21H26F3N3O4/c1-26-16(6-10-30-17-5-3-4-15(12-17)21(22,23)24)13-18(25-26)19-14-27(8-11-31-19)20(28)7-9-29-2/h3-5,12-13,19H,6-11,14H2,1-2H3. The van der Waals surface area contributed by atoms with Gasteiger partial charge in [0, 0.05) is 32.8 Å². The van der Waals surface area contributed by atoms with Gasteiger partial charge in [0.05, 0.1) is 44.0 Å². The third-order valence-electron chi connectivity index (χ3n) is 5.05. The summed E-state index contributed by atoms with van der Waals surface area (Å²) in [6, 6.07) is 6.69. The number of morpholine rings is 1. The molecule has 1 aliphatic rings. The van der Waals surface area contributed by atoms with Crippen molar-refractivity contribution < 1.29 is 32.2 Å². The van der Waals surface area contributed by atoms with Crippen LogP contribution >= 0.6 is 0 Å². The number of alkyl halides is 3. The molecule has 0 N–H and O–H groups in total. The largest absolute Gasteiger partial charge is 0.493 e. The Hall–Kier alpha value is -2.59. The van der Waals surface area contributed by atoms with E-state index in [4.69, 9.17) is 14.2 Å². The number of ether oxygens (including phenoxy) is 3. The Morgan fingerprint density at radius 3 is 2.84 bits per heavy atom. The predicted octanol–water partition coefficient (Wildman–Crippen LogP) is 3.00. The molecule has 1 amide bonds. The van der Waals surface area contributed by atoms with E-state index >= 15 is 0 Å². The van der Waals surface area contributed by atoms with Crippen LogP contribution in [0.1, 0.15) is 29.5 Å². The Morgan fingerprint density at radius 1 is 1.29 bits per heavy atom. The summed E-state index contributed by atoms with van der Waals surface area (Å²) < 4.78 is 56.4. The first-order chi connectivity index (χ1) is 14.8. The van der Waals surface area contributed by atoms with E-state index in [1.165, 1.54) is 12.1 Å². The first-order valence-electron chi connectivity index (χ1n) is 9.99. The minimum absolute atomic E-state index is 0.0146. The van der Waals surface area contributed by atoms with Gasteiger partial charge in [-0.15, -0.1) is 0 Å². The highest BCUT2D eigenvalue weighted by Gasteiger charge is 2.30. The minimum Gasteiger partial charge on any atom is -0.493 e. The second-order valence-corrected chi connectivity index (χ2v) is 7.25. The fourth-order valence-corrected chi connectivity index (χ4v) is 3.36. The number of benzene rings is 1. The second kappa shape index (κ2) is 10.1. The zero-order chi connectivity index (χ0) is 22.4. The summed E-state index contributed by atoms with van der Waals surface area (Å²) in [6.45, 7) is 1.95. The van der Waals surface area contributed by atoms with Gasteiger partial charge in [0.15, 0.2) is 0 Å². The summed E-state index contributed by atoms with van der Waals surface area (Å²) in [6.07, 6.45) is -3.95. The van der Waals surface area contributed by atoms with E-state index in [1.54, 1.807) is 23.7 Å². The maximum Gasteiger partial charge on any atom is 0.416 e. The molecular formula is C21H26F3N3O4. The SMILES string of the molecule is COCCC(=O)N1CCOC(c2cc(CCOc3cccc(C(F)(F)F)c3)n(C)n2)C1. The van der Waals surface area contributed by atoms with Gasteiger partial charge in [0.25, 0.3) is 0 Å². The summed E-state index contributed by atoms with van der Waals surface area (Å²) in [5.41, 5.74) is 0.820. The van der Waals surface area contributed by atoms with Crippen molar-refractivity contribution in [3.63, 3.8) is 0 Å². The predicted molar refractivity (Wildman–Crippen MR) is 106 cm³/mol. The molecule has 1 saturated heterocycles. The van der Waals surface area contributed by atoms with Gasteiger partial charge >= 0.3 is 6.18 Å². The van der Waals surface area contributed by atoms with Gasteiger partial charge < -0.3 is 19.1 Å². The van der Waals surface area contributed by atoms with Crippen LogP contribution in [-0.2, 0) is 33.9 Å². The Balaban J connectivity index is 1.57. The fourth-order valence-electron chi connectivity index (χ4n) is 3.36. The molecule has 31 heavy (non-hydrogen) atoms. The number of carbonyl (C=O) groups is 1. The van der Waals surface area contributed by atoms with Crippen LogP contribution in [-0.4, -0.2) is 60.6 Å². The van der Waals surface area contributed by atoms with Crippen LogP contribution in [0.5, 0.6) is 5.75 Å². The average Bonchev–Trinajstić information content (AvgIpc) is 3.12. The van der Waals surface area contributed by atoms with Crippen LogP contribution in [0, 0.1) is 0 Å². The van der Waals surface area contributed by atoms with Crippen molar-refractivity contribution in [1.29, 1.82) is 0 Å². The van der Waals surface area contributed by atoms with Crippen LogP contribution in [0.4, 0.5) is 13.2 Å². The normalized spacial score (nSPS) is 17.1. The van der Waals surface area contributed by atoms with Gasteiger partial charge in [-0.25, -0.2) is 0 Å². The lowest BCUT2D eigenvalue weighted by Gasteiger charge is -2.32. The molecule has 170 valence electrons. The highest BCUT2D eigenvalue weighted by atomic mass is 19.4. The van der Waals surface area contributed by atoms with Crippen molar-refractivity contribution in [2.24, 2.45) is 7.05 Å². The molecular weight excluding hydrogens is 415 g/mol. The third-order valence-corrected chi connectivity index (χ3v) is 5.05. The summed E-state index contributed by atoms with van der Waals surface area (Å²) >= 11 is 0. The number of halogens is 3. The Morgan fingerprint density at radius 2 is 2.10 bits per heavy atom. The van der Waals surface area contributed by atoms with E-state index in [9.17, 15) is 18.0 Å². The molecule has 10 heteroatoms. The summed E-state index contributed by atoms with van der Waals surface area (Å²) in [5.74, 6) is 0.179. The fraction of sp³-hybridized carbons (Fsp3) is 0.524. The third kappa shape index (κ3) is 6.20. The van der Waals surface area contributed by atoms with Gasteiger partial charge in [0.1, 0.15) is 11.9 Å². The molecule has 0 bridgehead atoms. The van der Waals surface area contributed by atoms with Crippen molar-refractivity contribution in [3.8, 4) is 5.75 Å². The molecule has 2 aromatic rings. The second-order valence-electron chi connectivity index (χ2n) is 7.25. The van der Waals surface area contributed by atoms with E-state index in [2.05, 4.69) is 5.10 Å². The van der Waals surface area contributed by atoms with Crippen molar-refractivity contribution in [3.05, 3.63) is 47.3 Å². The lowest BCUT2D eigenvalue weighted by atomic mass is 10.1. The Labute approximate surface area is 178 Å². The zero-order valence-electron chi connectivity index (χ0n) is 17.5. The molecule has 0 saturated carbocycles. The summed E-state index contributed by atoms with van der Waals surface area (Å²) in [5, 5.41) is 4.49. The van der Waals surface area contributed by atoms with Crippen LogP contribution in [0.3, 0.4) is 0 Å².